The Morgan fingerprint density at radius 3 is 2.52 bits per heavy atom. The quantitative estimate of drug-likeness (QED) is 0.393. The molecule has 1 aromatic carbocycles. The summed E-state index contributed by atoms with van der Waals surface area (Å²) in [5.74, 6) is 2.60. The zero-order chi connectivity index (χ0) is 16.4. The van der Waals surface area contributed by atoms with Gasteiger partial charge in [0, 0.05) is 43.5 Å². The SMILES string of the molecule is COc1cccc(N2CCC(CN=C(NC3CC3)NC3CC3)C2)c1.I. The molecule has 2 saturated carbocycles. The molecule has 138 valence electrons. The standard InChI is InChI=1S/C19H28N4O.HI/c1-24-18-4-2-3-17(11-18)23-10-9-14(13-23)12-20-19(21-15-5-6-15)22-16-7-8-16;/h2-4,11,14-16H,5-10,12-13H2,1H3,(H2,20,21,22);1H. The van der Waals surface area contributed by atoms with E-state index in [0.717, 1.165) is 31.3 Å². The molecule has 1 aliphatic heterocycles. The van der Waals surface area contributed by atoms with E-state index in [-0.39, 0.29) is 24.0 Å². The third-order valence-electron chi connectivity index (χ3n) is 5.05. The van der Waals surface area contributed by atoms with E-state index in [9.17, 15) is 0 Å². The van der Waals surface area contributed by atoms with Crippen molar-refractivity contribution in [2.75, 3.05) is 31.6 Å². The van der Waals surface area contributed by atoms with Gasteiger partial charge in [0.2, 0.25) is 0 Å². The van der Waals surface area contributed by atoms with Gasteiger partial charge in [-0.05, 0) is 50.2 Å². The van der Waals surface area contributed by atoms with Crippen LogP contribution in [0.5, 0.6) is 5.75 Å². The predicted molar refractivity (Wildman–Crippen MR) is 113 cm³/mol. The maximum Gasteiger partial charge on any atom is 0.191 e. The van der Waals surface area contributed by atoms with Crippen LogP contribution in [0, 0.1) is 5.92 Å². The number of ether oxygens (including phenoxy) is 1. The van der Waals surface area contributed by atoms with E-state index < -0.39 is 0 Å². The molecule has 2 N–H and O–H groups in total. The Labute approximate surface area is 167 Å². The summed E-state index contributed by atoms with van der Waals surface area (Å²) in [6.45, 7) is 3.10. The van der Waals surface area contributed by atoms with E-state index in [1.807, 2.05) is 6.07 Å². The molecule has 3 fully saturated rings. The van der Waals surface area contributed by atoms with Crippen molar-refractivity contribution in [1.82, 2.24) is 10.6 Å². The summed E-state index contributed by atoms with van der Waals surface area (Å²) in [5.41, 5.74) is 1.26. The van der Waals surface area contributed by atoms with Crippen LogP contribution in [0.1, 0.15) is 32.1 Å². The third kappa shape index (κ3) is 5.39. The Hall–Kier alpha value is -1.18. The highest BCUT2D eigenvalue weighted by Gasteiger charge is 2.28. The van der Waals surface area contributed by atoms with Gasteiger partial charge in [0.25, 0.3) is 0 Å². The maximum absolute atomic E-state index is 5.34. The molecule has 6 heteroatoms. The molecule has 1 unspecified atom stereocenters. The monoisotopic (exact) mass is 456 g/mol. The summed E-state index contributed by atoms with van der Waals surface area (Å²) in [4.78, 5) is 7.32. The molecule has 4 rings (SSSR count). The summed E-state index contributed by atoms with van der Waals surface area (Å²) < 4.78 is 5.34. The first-order valence-corrected chi connectivity index (χ1v) is 9.26. The van der Waals surface area contributed by atoms with Gasteiger partial charge in [-0.1, -0.05) is 6.07 Å². The number of benzene rings is 1. The Kier molecular flexibility index (Phi) is 6.30. The van der Waals surface area contributed by atoms with Gasteiger partial charge in [-0.2, -0.15) is 0 Å². The van der Waals surface area contributed by atoms with Gasteiger partial charge in [-0.3, -0.25) is 4.99 Å². The fraction of sp³-hybridized carbons (Fsp3) is 0.632. The number of nitrogens with one attached hydrogen (secondary N) is 2. The first kappa shape index (κ1) is 18.6. The van der Waals surface area contributed by atoms with Gasteiger partial charge in [0.15, 0.2) is 5.96 Å². The first-order chi connectivity index (χ1) is 11.8. The van der Waals surface area contributed by atoms with Crippen LogP contribution in [-0.4, -0.2) is 44.8 Å². The predicted octanol–water partition coefficient (Wildman–Crippen LogP) is 3.00. The number of aliphatic imine (C=N–C) groups is 1. The van der Waals surface area contributed by atoms with E-state index in [1.165, 1.54) is 37.8 Å². The van der Waals surface area contributed by atoms with Crippen molar-refractivity contribution >= 4 is 35.6 Å². The minimum Gasteiger partial charge on any atom is -0.497 e. The summed E-state index contributed by atoms with van der Waals surface area (Å²) in [6, 6.07) is 9.68. The molecule has 5 nitrogen and oxygen atoms in total. The highest BCUT2D eigenvalue weighted by molar-refractivity contribution is 14.0. The number of hydrogen-bond donors (Lipinski definition) is 2. The molecule has 2 aliphatic carbocycles. The molecule has 3 aliphatic rings. The van der Waals surface area contributed by atoms with Crippen molar-refractivity contribution < 1.29 is 4.74 Å². The number of rotatable bonds is 6. The van der Waals surface area contributed by atoms with Gasteiger partial charge < -0.3 is 20.3 Å². The Morgan fingerprint density at radius 1 is 1.16 bits per heavy atom. The van der Waals surface area contributed by atoms with Crippen LogP contribution in [0.2, 0.25) is 0 Å². The minimum atomic E-state index is 0. The molecule has 1 saturated heterocycles. The highest BCUT2D eigenvalue weighted by Crippen LogP contribution is 2.27. The number of halogens is 1. The average molecular weight is 456 g/mol. The summed E-state index contributed by atoms with van der Waals surface area (Å²) in [7, 11) is 1.72. The van der Waals surface area contributed by atoms with Gasteiger partial charge in [-0.25, -0.2) is 0 Å². The Morgan fingerprint density at radius 2 is 1.88 bits per heavy atom. The molecule has 1 atom stereocenters. The fourth-order valence-corrected chi connectivity index (χ4v) is 3.22. The molecular weight excluding hydrogens is 427 g/mol. The van der Waals surface area contributed by atoms with Crippen molar-refractivity contribution in [3.8, 4) is 5.75 Å². The Balaban J connectivity index is 0.00000182. The largest absolute Gasteiger partial charge is 0.497 e. The lowest BCUT2D eigenvalue weighted by Gasteiger charge is -2.19. The topological polar surface area (TPSA) is 48.9 Å². The number of methoxy groups -OCH3 is 1. The molecule has 1 aromatic rings. The molecule has 0 spiro atoms. The van der Waals surface area contributed by atoms with E-state index >= 15 is 0 Å². The van der Waals surface area contributed by atoms with Crippen LogP contribution in [0.3, 0.4) is 0 Å². The fourth-order valence-electron chi connectivity index (χ4n) is 3.22. The van der Waals surface area contributed by atoms with E-state index in [2.05, 4.69) is 33.7 Å². The zero-order valence-electron chi connectivity index (χ0n) is 14.9. The smallest absolute Gasteiger partial charge is 0.191 e. The van der Waals surface area contributed by atoms with E-state index in [1.54, 1.807) is 7.11 Å². The molecule has 1 heterocycles. The van der Waals surface area contributed by atoms with Crippen molar-refractivity contribution in [3.63, 3.8) is 0 Å². The van der Waals surface area contributed by atoms with E-state index in [0.29, 0.717) is 18.0 Å². The molecular formula is C19H29IN4O. The second-order valence-electron chi connectivity index (χ2n) is 7.33. The zero-order valence-corrected chi connectivity index (χ0v) is 17.2. The normalized spacial score (nSPS) is 22.1. The average Bonchev–Trinajstić information content (AvgIpc) is 3.54. The van der Waals surface area contributed by atoms with Crippen molar-refractivity contribution in [2.24, 2.45) is 10.9 Å². The van der Waals surface area contributed by atoms with Gasteiger partial charge in [0.05, 0.1) is 7.11 Å². The number of anilines is 1. The minimum absolute atomic E-state index is 0. The molecule has 25 heavy (non-hydrogen) atoms. The number of guanidine groups is 1. The lowest BCUT2D eigenvalue weighted by molar-refractivity contribution is 0.415. The lowest BCUT2D eigenvalue weighted by Crippen LogP contribution is -2.40. The van der Waals surface area contributed by atoms with Crippen LogP contribution in [0.4, 0.5) is 5.69 Å². The molecule has 0 aromatic heterocycles. The van der Waals surface area contributed by atoms with Gasteiger partial charge >= 0.3 is 0 Å². The maximum atomic E-state index is 5.34. The molecule has 0 amide bonds. The first-order valence-electron chi connectivity index (χ1n) is 9.26. The summed E-state index contributed by atoms with van der Waals surface area (Å²) in [5, 5.41) is 7.11. The van der Waals surface area contributed by atoms with Crippen LogP contribution in [-0.2, 0) is 0 Å². The number of hydrogen-bond acceptors (Lipinski definition) is 3. The van der Waals surface area contributed by atoms with Crippen LogP contribution in [0.15, 0.2) is 29.3 Å². The van der Waals surface area contributed by atoms with E-state index in [4.69, 9.17) is 9.73 Å². The Bertz CT molecular complexity index is 585. The molecule has 0 radical (unpaired) electrons. The van der Waals surface area contributed by atoms with Gasteiger partial charge in [-0.15, -0.1) is 24.0 Å². The van der Waals surface area contributed by atoms with Crippen molar-refractivity contribution in [1.29, 1.82) is 0 Å². The second-order valence-corrected chi connectivity index (χ2v) is 7.33. The molecule has 0 bridgehead atoms. The van der Waals surface area contributed by atoms with Gasteiger partial charge in [0.1, 0.15) is 5.75 Å². The number of nitrogens with zero attached hydrogens (tertiary/aromatic N) is 2. The van der Waals surface area contributed by atoms with Crippen LogP contribution in [0.25, 0.3) is 0 Å². The van der Waals surface area contributed by atoms with Crippen molar-refractivity contribution in [2.45, 2.75) is 44.2 Å². The highest BCUT2D eigenvalue weighted by atomic mass is 127. The van der Waals surface area contributed by atoms with Crippen LogP contribution < -0.4 is 20.3 Å². The second kappa shape index (κ2) is 8.47. The third-order valence-corrected chi connectivity index (χ3v) is 5.05. The summed E-state index contributed by atoms with van der Waals surface area (Å²) in [6.07, 6.45) is 6.37. The lowest BCUT2D eigenvalue weighted by atomic mass is 10.1. The summed E-state index contributed by atoms with van der Waals surface area (Å²) >= 11 is 0. The van der Waals surface area contributed by atoms with Crippen molar-refractivity contribution in [3.05, 3.63) is 24.3 Å². The van der Waals surface area contributed by atoms with Crippen LogP contribution >= 0.6 is 24.0 Å².